The van der Waals surface area contributed by atoms with E-state index in [4.69, 9.17) is 16.3 Å². The molecule has 0 bridgehead atoms. The molecule has 3 rings (SSSR count). The Labute approximate surface area is 153 Å². The Bertz CT molecular complexity index is 724. The van der Waals surface area contributed by atoms with Gasteiger partial charge in [0.1, 0.15) is 5.75 Å². The molecule has 0 unspecified atom stereocenters. The van der Waals surface area contributed by atoms with Crippen LogP contribution in [-0.2, 0) is 4.79 Å². The van der Waals surface area contributed by atoms with E-state index in [2.05, 4.69) is 27.3 Å². The molecular formula is C19H22ClN3O2. The van der Waals surface area contributed by atoms with Crippen molar-refractivity contribution < 1.29 is 9.53 Å². The number of likely N-dealkylation sites (tertiary alicyclic amines) is 1. The normalized spacial score (nSPS) is 17.9. The van der Waals surface area contributed by atoms with Crippen LogP contribution < -0.4 is 10.1 Å². The molecule has 1 fully saturated rings. The number of hydrogen-bond acceptors (Lipinski definition) is 4. The minimum atomic E-state index is -0.0309. The second-order valence-corrected chi connectivity index (χ2v) is 6.66. The molecule has 2 heterocycles. The maximum absolute atomic E-state index is 12.4. The highest BCUT2D eigenvalue weighted by molar-refractivity contribution is 6.32. The maximum Gasteiger partial charge on any atom is 0.238 e. The number of aromatic nitrogens is 1. The van der Waals surface area contributed by atoms with Crippen molar-refractivity contribution in [2.45, 2.75) is 18.8 Å². The molecule has 0 spiro atoms. The minimum Gasteiger partial charge on any atom is -0.495 e. The largest absolute Gasteiger partial charge is 0.495 e. The zero-order valence-electron chi connectivity index (χ0n) is 14.2. The van der Waals surface area contributed by atoms with Gasteiger partial charge in [0.2, 0.25) is 5.91 Å². The Morgan fingerprint density at radius 3 is 2.88 bits per heavy atom. The third-order valence-corrected chi connectivity index (χ3v) is 4.78. The molecular weight excluding hydrogens is 338 g/mol. The fraction of sp³-hybridized carbons (Fsp3) is 0.368. The number of benzene rings is 1. The van der Waals surface area contributed by atoms with Crippen molar-refractivity contribution in [3.63, 3.8) is 0 Å². The zero-order chi connectivity index (χ0) is 17.6. The van der Waals surface area contributed by atoms with Gasteiger partial charge in [-0.2, -0.15) is 0 Å². The maximum atomic E-state index is 12.4. The highest BCUT2D eigenvalue weighted by Gasteiger charge is 2.22. The number of anilines is 1. The molecule has 0 aliphatic carbocycles. The Balaban J connectivity index is 1.56. The van der Waals surface area contributed by atoms with Crippen LogP contribution in [0.4, 0.5) is 5.69 Å². The van der Waals surface area contributed by atoms with E-state index in [0.29, 0.717) is 28.9 Å². The van der Waals surface area contributed by atoms with Crippen molar-refractivity contribution in [2.24, 2.45) is 0 Å². The molecule has 2 aromatic rings. The van der Waals surface area contributed by atoms with Crippen molar-refractivity contribution >= 4 is 23.2 Å². The van der Waals surface area contributed by atoms with E-state index in [1.165, 1.54) is 5.56 Å². The first-order valence-corrected chi connectivity index (χ1v) is 8.79. The minimum absolute atomic E-state index is 0.0309. The fourth-order valence-corrected chi connectivity index (χ4v) is 3.51. The standard InChI is InChI=1S/C19H22ClN3O2/c1-25-18-5-4-16(11-17(18)20)22-19(24)13-23-10-2-3-15(12-23)14-6-8-21-9-7-14/h4-9,11,15H,2-3,10,12-13H2,1H3,(H,22,24)/t15-/m0/s1. The SMILES string of the molecule is COc1ccc(NC(=O)CN2CCC[C@H](c3ccncc3)C2)cc1Cl. The lowest BCUT2D eigenvalue weighted by atomic mass is 9.91. The summed E-state index contributed by atoms with van der Waals surface area (Å²) in [4.78, 5) is 18.6. The first-order valence-electron chi connectivity index (χ1n) is 8.41. The third kappa shape index (κ3) is 4.71. The number of ether oxygens (including phenoxy) is 1. The van der Waals surface area contributed by atoms with Gasteiger partial charge in [0.05, 0.1) is 18.7 Å². The number of nitrogens with one attached hydrogen (secondary N) is 1. The summed E-state index contributed by atoms with van der Waals surface area (Å²) in [5.41, 5.74) is 1.97. The Morgan fingerprint density at radius 1 is 1.36 bits per heavy atom. The van der Waals surface area contributed by atoms with E-state index >= 15 is 0 Å². The van der Waals surface area contributed by atoms with Crippen LogP contribution >= 0.6 is 11.6 Å². The highest BCUT2D eigenvalue weighted by atomic mass is 35.5. The van der Waals surface area contributed by atoms with Gasteiger partial charge in [-0.05, 0) is 61.2 Å². The Kier molecular flexibility index (Phi) is 5.89. The Morgan fingerprint density at radius 2 is 2.16 bits per heavy atom. The predicted octanol–water partition coefficient (Wildman–Crippen LogP) is 3.56. The van der Waals surface area contributed by atoms with Crippen LogP contribution in [0, 0.1) is 0 Å². The predicted molar refractivity (Wildman–Crippen MR) is 99.3 cm³/mol. The number of methoxy groups -OCH3 is 1. The van der Waals surface area contributed by atoms with Crippen LogP contribution in [0.1, 0.15) is 24.3 Å². The molecule has 1 aromatic carbocycles. The summed E-state index contributed by atoms with van der Waals surface area (Å²) < 4.78 is 5.12. The van der Waals surface area contributed by atoms with Crippen LogP contribution in [0.2, 0.25) is 5.02 Å². The molecule has 25 heavy (non-hydrogen) atoms. The molecule has 132 valence electrons. The number of pyridine rings is 1. The van der Waals surface area contributed by atoms with Gasteiger partial charge in [0.15, 0.2) is 0 Å². The molecule has 5 nitrogen and oxygen atoms in total. The van der Waals surface area contributed by atoms with Crippen LogP contribution in [0.15, 0.2) is 42.7 Å². The number of halogens is 1. The number of hydrogen-bond donors (Lipinski definition) is 1. The van der Waals surface area contributed by atoms with Crippen molar-refractivity contribution in [1.82, 2.24) is 9.88 Å². The fourth-order valence-electron chi connectivity index (χ4n) is 3.25. The van der Waals surface area contributed by atoms with Crippen LogP contribution in [0.5, 0.6) is 5.75 Å². The first-order chi connectivity index (χ1) is 12.2. The summed E-state index contributed by atoms with van der Waals surface area (Å²) >= 11 is 6.10. The van der Waals surface area contributed by atoms with E-state index in [1.54, 1.807) is 25.3 Å². The van der Waals surface area contributed by atoms with E-state index in [1.807, 2.05) is 12.4 Å². The smallest absolute Gasteiger partial charge is 0.238 e. The number of piperidine rings is 1. The molecule has 6 heteroatoms. The molecule has 1 saturated heterocycles. The number of amides is 1. The molecule has 1 amide bonds. The van der Waals surface area contributed by atoms with Crippen LogP contribution in [-0.4, -0.2) is 42.5 Å². The van der Waals surface area contributed by atoms with Gasteiger partial charge in [0.25, 0.3) is 0 Å². The van der Waals surface area contributed by atoms with Crippen molar-refractivity contribution in [3.05, 3.63) is 53.3 Å². The summed E-state index contributed by atoms with van der Waals surface area (Å²) in [5.74, 6) is 1.02. The molecule has 0 saturated carbocycles. The van der Waals surface area contributed by atoms with Crippen LogP contribution in [0.3, 0.4) is 0 Å². The van der Waals surface area contributed by atoms with Gasteiger partial charge in [-0.3, -0.25) is 14.7 Å². The monoisotopic (exact) mass is 359 g/mol. The van der Waals surface area contributed by atoms with Crippen molar-refractivity contribution in [3.8, 4) is 5.75 Å². The second-order valence-electron chi connectivity index (χ2n) is 6.25. The molecule has 1 aromatic heterocycles. The van der Waals surface area contributed by atoms with E-state index in [9.17, 15) is 4.79 Å². The number of carbonyl (C=O) groups is 1. The van der Waals surface area contributed by atoms with E-state index in [-0.39, 0.29) is 5.91 Å². The van der Waals surface area contributed by atoms with E-state index in [0.717, 1.165) is 25.9 Å². The average Bonchev–Trinajstić information content (AvgIpc) is 2.63. The third-order valence-electron chi connectivity index (χ3n) is 4.49. The zero-order valence-corrected chi connectivity index (χ0v) is 15.0. The van der Waals surface area contributed by atoms with Gasteiger partial charge in [-0.1, -0.05) is 11.6 Å². The lowest BCUT2D eigenvalue weighted by molar-refractivity contribution is -0.117. The summed E-state index contributed by atoms with van der Waals surface area (Å²) in [7, 11) is 1.56. The molecule has 1 N–H and O–H groups in total. The van der Waals surface area contributed by atoms with Gasteiger partial charge >= 0.3 is 0 Å². The molecule has 0 radical (unpaired) electrons. The highest BCUT2D eigenvalue weighted by Crippen LogP contribution is 2.28. The summed E-state index contributed by atoms with van der Waals surface area (Å²) in [5, 5.41) is 3.39. The molecule has 1 aliphatic rings. The number of carbonyl (C=O) groups excluding carboxylic acids is 1. The molecule has 1 aliphatic heterocycles. The lowest BCUT2D eigenvalue weighted by Gasteiger charge is -2.32. The first kappa shape index (κ1) is 17.7. The second kappa shape index (κ2) is 8.32. The van der Waals surface area contributed by atoms with Gasteiger partial charge in [0, 0.05) is 24.6 Å². The molecule has 1 atom stereocenters. The quantitative estimate of drug-likeness (QED) is 0.886. The van der Waals surface area contributed by atoms with E-state index < -0.39 is 0 Å². The average molecular weight is 360 g/mol. The lowest BCUT2D eigenvalue weighted by Crippen LogP contribution is -2.39. The van der Waals surface area contributed by atoms with Gasteiger partial charge in [-0.15, -0.1) is 0 Å². The summed E-state index contributed by atoms with van der Waals surface area (Å²) in [6.45, 7) is 2.21. The van der Waals surface area contributed by atoms with Gasteiger partial charge in [-0.25, -0.2) is 0 Å². The van der Waals surface area contributed by atoms with Crippen molar-refractivity contribution in [1.29, 1.82) is 0 Å². The topological polar surface area (TPSA) is 54.5 Å². The van der Waals surface area contributed by atoms with Crippen LogP contribution in [0.25, 0.3) is 0 Å². The van der Waals surface area contributed by atoms with Gasteiger partial charge < -0.3 is 10.1 Å². The number of rotatable bonds is 5. The van der Waals surface area contributed by atoms with Crippen molar-refractivity contribution in [2.75, 3.05) is 32.1 Å². The summed E-state index contributed by atoms with van der Waals surface area (Å²) in [6, 6.07) is 9.37. The Hall–Kier alpha value is -2.11. The summed E-state index contributed by atoms with van der Waals surface area (Å²) in [6.07, 6.45) is 5.90. The number of nitrogens with zero attached hydrogens (tertiary/aromatic N) is 2.